The van der Waals surface area contributed by atoms with Crippen molar-refractivity contribution in [1.82, 2.24) is 25.0 Å². The number of likely N-dealkylation sites (N-methyl/N-ethyl adjacent to an activating group) is 2. The number of ether oxygens (including phenoxy) is 1. The Labute approximate surface area is 142 Å². The number of aromatic amines is 1. The average molecular weight is 333 g/mol. The molecule has 0 fully saturated rings. The summed E-state index contributed by atoms with van der Waals surface area (Å²) >= 11 is 0. The fourth-order valence-corrected chi connectivity index (χ4v) is 2.70. The lowest BCUT2D eigenvalue weighted by Gasteiger charge is -2.16. The van der Waals surface area contributed by atoms with Crippen LogP contribution >= 0.6 is 0 Å². The lowest BCUT2D eigenvalue weighted by atomic mass is 10.1. The minimum atomic E-state index is -0.0221. The van der Waals surface area contributed by atoms with E-state index in [4.69, 9.17) is 4.74 Å². The Kier molecular flexibility index (Phi) is 6.72. The van der Waals surface area contributed by atoms with Gasteiger partial charge in [-0.2, -0.15) is 5.10 Å². The molecule has 0 spiro atoms. The van der Waals surface area contributed by atoms with E-state index in [1.165, 1.54) is 0 Å². The molecule has 0 unspecified atom stereocenters. The smallest absolute Gasteiger partial charge is 0.251 e. The molecule has 2 aromatic rings. The summed E-state index contributed by atoms with van der Waals surface area (Å²) in [5, 5.41) is 10.3. The molecule has 0 atom stereocenters. The van der Waals surface area contributed by atoms with Crippen molar-refractivity contribution in [1.29, 1.82) is 0 Å². The van der Waals surface area contributed by atoms with Crippen molar-refractivity contribution >= 4 is 0 Å². The van der Waals surface area contributed by atoms with Gasteiger partial charge in [-0.05, 0) is 27.1 Å². The van der Waals surface area contributed by atoms with E-state index in [-0.39, 0.29) is 5.56 Å². The van der Waals surface area contributed by atoms with Gasteiger partial charge in [0, 0.05) is 56.2 Å². The Morgan fingerprint density at radius 3 is 2.88 bits per heavy atom. The third kappa shape index (κ3) is 4.53. The third-order valence-corrected chi connectivity index (χ3v) is 4.04. The first-order valence-electron chi connectivity index (χ1n) is 8.13. The van der Waals surface area contributed by atoms with Gasteiger partial charge in [0.05, 0.1) is 18.5 Å². The van der Waals surface area contributed by atoms with Gasteiger partial charge < -0.3 is 19.5 Å². The highest BCUT2D eigenvalue weighted by Crippen LogP contribution is 2.21. The van der Waals surface area contributed by atoms with Crippen LogP contribution in [0, 0.1) is 6.92 Å². The molecule has 0 saturated heterocycles. The Hall–Kier alpha value is -1.96. The van der Waals surface area contributed by atoms with E-state index in [1.54, 1.807) is 17.7 Å². The van der Waals surface area contributed by atoms with Gasteiger partial charge in [-0.25, -0.2) is 0 Å². The van der Waals surface area contributed by atoms with Crippen LogP contribution in [0.5, 0.6) is 0 Å². The average Bonchev–Trinajstić information content (AvgIpc) is 3.00. The predicted molar refractivity (Wildman–Crippen MR) is 95.2 cm³/mol. The number of nitrogens with one attached hydrogen (secondary N) is 2. The summed E-state index contributed by atoms with van der Waals surface area (Å²) in [5.74, 6) is 0. The van der Waals surface area contributed by atoms with Crippen molar-refractivity contribution in [3.05, 3.63) is 39.9 Å². The zero-order chi connectivity index (χ0) is 17.5. The maximum atomic E-state index is 12.4. The number of aromatic nitrogens is 3. The van der Waals surface area contributed by atoms with E-state index in [2.05, 4.69) is 27.5 Å². The molecule has 2 N–H and O–H groups in total. The SMILES string of the molecule is CNCCN(C)Cc1cn[nH]c1-c1cc(C)n(CCOC)c(=O)c1. The van der Waals surface area contributed by atoms with E-state index in [9.17, 15) is 4.79 Å². The summed E-state index contributed by atoms with van der Waals surface area (Å²) in [6, 6.07) is 3.68. The lowest BCUT2D eigenvalue weighted by Crippen LogP contribution is -2.27. The zero-order valence-corrected chi connectivity index (χ0v) is 14.9. The van der Waals surface area contributed by atoms with Crippen LogP contribution in [0.4, 0.5) is 0 Å². The normalized spacial score (nSPS) is 11.4. The molecule has 7 heteroatoms. The molecule has 2 heterocycles. The number of H-pyrrole nitrogens is 1. The van der Waals surface area contributed by atoms with Crippen LogP contribution in [-0.2, 0) is 17.8 Å². The molecule has 0 saturated carbocycles. The summed E-state index contributed by atoms with van der Waals surface area (Å²) in [6.45, 7) is 5.67. The standard InChI is InChI=1S/C17H27N5O2/c1-13-9-14(10-16(23)22(13)7-8-24-4)17-15(11-19-20-17)12-21(3)6-5-18-2/h9-11,18H,5-8,12H2,1-4H3,(H,19,20). The third-order valence-electron chi connectivity index (χ3n) is 4.04. The highest BCUT2D eigenvalue weighted by atomic mass is 16.5. The van der Waals surface area contributed by atoms with Crippen LogP contribution in [0.3, 0.4) is 0 Å². The van der Waals surface area contributed by atoms with Crippen LogP contribution in [0.25, 0.3) is 11.3 Å². The van der Waals surface area contributed by atoms with Gasteiger partial charge in [-0.15, -0.1) is 0 Å². The number of methoxy groups -OCH3 is 1. The summed E-state index contributed by atoms with van der Waals surface area (Å²) in [6.07, 6.45) is 1.83. The number of nitrogens with zero attached hydrogens (tertiary/aromatic N) is 3. The van der Waals surface area contributed by atoms with Crippen molar-refractivity contribution in [3.63, 3.8) is 0 Å². The van der Waals surface area contributed by atoms with E-state index in [0.717, 1.165) is 42.1 Å². The van der Waals surface area contributed by atoms with Crippen molar-refractivity contribution in [2.75, 3.05) is 40.9 Å². The zero-order valence-electron chi connectivity index (χ0n) is 14.9. The monoisotopic (exact) mass is 333 g/mol. The molecule has 0 amide bonds. The fourth-order valence-electron chi connectivity index (χ4n) is 2.70. The van der Waals surface area contributed by atoms with Crippen LogP contribution in [-0.4, -0.2) is 60.6 Å². The highest BCUT2D eigenvalue weighted by Gasteiger charge is 2.12. The van der Waals surface area contributed by atoms with Crippen molar-refractivity contribution in [2.45, 2.75) is 20.0 Å². The highest BCUT2D eigenvalue weighted by molar-refractivity contribution is 5.62. The minimum absolute atomic E-state index is 0.0221. The first-order chi connectivity index (χ1) is 11.6. The summed E-state index contributed by atoms with van der Waals surface area (Å²) in [4.78, 5) is 14.6. The maximum absolute atomic E-state index is 12.4. The summed E-state index contributed by atoms with van der Waals surface area (Å²) in [7, 11) is 5.65. The number of aryl methyl sites for hydroxylation is 1. The maximum Gasteiger partial charge on any atom is 0.251 e. The van der Waals surface area contributed by atoms with Gasteiger partial charge in [0.1, 0.15) is 0 Å². The Bertz CT molecular complexity index is 707. The summed E-state index contributed by atoms with van der Waals surface area (Å²) < 4.78 is 6.79. The second-order valence-electron chi connectivity index (χ2n) is 5.98. The summed E-state index contributed by atoms with van der Waals surface area (Å²) in [5.41, 5.74) is 3.76. The molecule has 2 rings (SSSR count). The molecular weight excluding hydrogens is 306 g/mol. The molecule has 0 radical (unpaired) electrons. The van der Waals surface area contributed by atoms with Gasteiger partial charge >= 0.3 is 0 Å². The van der Waals surface area contributed by atoms with E-state index in [0.29, 0.717) is 13.2 Å². The van der Waals surface area contributed by atoms with E-state index < -0.39 is 0 Å². The molecule has 0 aliphatic rings. The number of pyridine rings is 1. The predicted octanol–water partition coefficient (Wildman–Crippen LogP) is 0.844. The van der Waals surface area contributed by atoms with Gasteiger partial charge in [0.2, 0.25) is 0 Å². The number of hydrogen-bond acceptors (Lipinski definition) is 5. The number of hydrogen-bond donors (Lipinski definition) is 2. The lowest BCUT2D eigenvalue weighted by molar-refractivity contribution is 0.185. The molecule has 0 aliphatic carbocycles. The second-order valence-corrected chi connectivity index (χ2v) is 5.98. The Balaban J connectivity index is 2.24. The van der Waals surface area contributed by atoms with E-state index in [1.807, 2.05) is 26.2 Å². The Morgan fingerprint density at radius 1 is 1.42 bits per heavy atom. The molecular formula is C17H27N5O2. The van der Waals surface area contributed by atoms with Gasteiger partial charge in [-0.1, -0.05) is 0 Å². The molecule has 7 nitrogen and oxygen atoms in total. The largest absolute Gasteiger partial charge is 0.383 e. The molecule has 0 aromatic carbocycles. The van der Waals surface area contributed by atoms with Crippen LogP contribution in [0.2, 0.25) is 0 Å². The van der Waals surface area contributed by atoms with Crippen LogP contribution in [0.1, 0.15) is 11.3 Å². The number of rotatable bonds is 9. The first kappa shape index (κ1) is 18.4. The van der Waals surface area contributed by atoms with Gasteiger partial charge in [-0.3, -0.25) is 9.89 Å². The molecule has 132 valence electrons. The first-order valence-corrected chi connectivity index (χ1v) is 8.13. The molecule has 2 aromatic heterocycles. The molecule has 0 aliphatic heterocycles. The minimum Gasteiger partial charge on any atom is -0.383 e. The van der Waals surface area contributed by atoms with Crippen molar-refractivity contribution in [2.24, 2.45) is 0 Å². The van der Waals surface area contributed by atoms with Crippen LogP contribution in [0.15, 0.2) is 23.1 Å². The van der Waals surface area contributed by atoms with Gasteiger partial charge in [0.15, 0.2) is 0 Å². The topological polar surface area (TPSA) is 75.2 Å². The van der Waals surface area contributed by atoms with E-state index >= 15 is 0 Å². The second kappa shape index (κ2) is 8.77. The van der Waals surface area contributed by atoms with Crippen molar-refractivity contribution in [3.8, 4) is 11.3 Å². The van der Waals surface area contributed by atoms with Gasteiger partial charge in [0.25, 0.3) is 5.56 Å². The Morgan fingerprint density at radius 2 is 2.21 bits per heavy atom. The van der Waals surface area contributed by atoms with Crippen LogP contribution < -0.4 is 10.9 Å². The quantitative estimate of drug-likeness (QED) is 0.711. The van der Waals surface area contributed by atoms with Crippen molar-refractivity contribution < 1.29 is 4.74 Å². The molecule has 0 bridgehead atoms. The fraction of sp³-hybridized carbons (Fsp3) is 0.529. The molecule has 24 heavy (non-hydrogen) atoms.